The van der Waals surface area contributed by atoms with Crippen molar-refractivity contribution in [1.29, 1.82) is 0 Å². The SMILES string of the molecule is COCCN(c1c(CCl)c(C)nn1C)C(C)C1CC1. The number of hydrogen-bond acceptors (Lipinski definition) is 3. The predicted octanol–water partition coefficient (Wildman–Crippen LogP) is 2.72. The lowest BCUT2D eigenvalue weighted by molar-refractivity contribution is 0.202. The van der Waals surface area contributed by atoms with Crippen LogP contribution in [0.15, 0.2) is 0 Å². The van der Waals surface area contributed by atoms with Gasteiger partial charge < -0.3 is 9.64 Å². The molecule has 1 aliphatic carbocycles. The lowest BCUT2D eigenvalue weighted by Gasteiger charge is -2.32. The normalized spacial score (nSPS) is 16.7. The van der Waals surface area contributed by atoms with E-state index in [1.54, 1.807) is 7.11 Å². The second-order valence-electron chi connectivity index (χ2n) is 5.41. The topological polar surface area (TPSA) is 30.3 Å². The van der Waals surface area contributed by atoms with E-state index in [4.69, 9.17) is 16.3 Å². The van der Waals surface area contributed by atoms with E-state index < -0.39 is 0 Å². The van der Waals surface area contributed by atoms with Crippen molar-refractivity contribution in [3.8, 4) is 0 Å². The summed E-state index contributed by atoms with van der Waals surface area (Å²) in [6, 6.07) is 0.520. The molecule has 1 saturated carbocycles. The molecule has 1 heterocycles. The van der Waals surface area contributed by atoms with Crippen LogP contribution in [0.3, 0.4) is 0 Å². The molecule has 1 unspecified atom stereocenters. The summed E-state index contributed by atoms with van der Waals surface area (Å²) >= 11 is 6.12. The first-order valence-electron chi connectivity index (χ1n) is 6.94. The average molecular weight is 286 g/mol. The first-order chi connectivity index (χ1) is 9.10. The van der Waals surface area contributed by atoms with Gasteiger partial charge in [-0.05, 0) is 32.6 Å². The van der Waals surface area contributed by atoms with Crippen LogP contribution in [0.4, 0.5) is 5.82 Å². The smallest absolute Gasteiger partial charge is 0.131 e. The highest BCUT2D eigenvalue weighted by Gasteiger charge is 2.34. The number of aromatic nitrogens is 2. The molecular formula is C14H24ClN3O. The Morgan fingerprint density at radius 2 is 2.21 bits per heavy atom. The molecule has 0 radical (unpaired) electrons. The fraction of sp³-hybridized carbons (Fsp3) is 0.786. The van der Waals surface area contributed by atoms with Crippen molar-refractivity contribution < 1.29 is 4.74 Å². The van der Waals surface area contributed by atoms with Gasteiger partial charge in [-0.3, -0.25) is 4.68 Å². The van der Waals surface area contributed by atoms with Gasteiger partial charge in [0.2, 0.25) is 0 Å². The van der Waals surface area contributed by atoms with Crippen molar-refractivity contribution in [3.63, 3.8) is 0 Å². The van der Waals surface area contributed by atoms with E-state index in [0.29, 0.717) is 11.9 Å². The number of rotatable bonds is 7. The van der Waals surface area contributed by atoms with Crippen molar-refractivity contribution in [2.24, 2.45) is 13.0 Å². The molecule has 4 nitrogen and oxygen atoms in total. The Kier molecular flexibility index (Phi) is 4.74. The first-order valence-corrected chi connectivity index (χ1v) is 7.47. The molecule has 1 aromatic rings. The zero-order valence-electron chi connectivity index (χ0n) is 12.3. The van der Waals surface area contributed by atoms with Gasteiger partial charge in [0, 0.05) is 32.3 Å². The molecule has 1 aliphatic rings. The van der Waals surface area contributed by atoms with Crippen LogP contribution in [0.25, 0.3) is 0 Å². The summed E-state index contributed by atoms with van der Waals surface area (Å²) in [7, 11) is 3.74. The van der Waals surface area contributed by atoms with Crippen LogP contribution in [0, 0.1) is 12.8 Å². The van der Waals surface area contributed by atoms with Crippen LogP contribution in [0.5, 0.6) is 0 Å². The van der Waals surface area contributed by atoms with Crippen molar-refractivity contribution in [3.05, 3.63) is 11.3 Å². The Morgan fingerprint density at radius 3 is 2.74 bits per heavy atom. The molecule has 0 bridgehead atoms. The summed E-state index contributed by atoms with van der Waals surface area (Å²) < 4.78 is 7.22. The molecule has 5 heteroatoms. The van der Waals surface area contributed by atoms with Gasteiger partial charge in [0.05, 0.1) is 18.2 Å². The second-order valence-corrected chi connectivity index (χ2v) is 5.68. The van der Waals surface area contributed by atoms with Crippen LogP contribution in [-0.4, -0.2) is 36.1 Å². The Balaban J connectivity index is 2.30. The number of alkyl halides is 1. The molecule has 19 heavy (non-hydrogen) atoms. The number of methoxy groups -OCH3 is 1. The minimum Gasteiger partial charge on any atom is -0.383 e. The lowest BCUT2D eigenvalue weighted by atomic mass is 10.1. The molecule has 2 rings (SSSR count). The highest BCUT2D eigenvalue weighted by molar-refractivity contribution is 6.17. The average Bonchev–Trinajstić information content (AvgIpc) is 3.17. The fourth-order valence-corrected chi connectivity index (χ4v) is 3.04. The predicted molar refractivity (Wildman–Crippen MR) is 78.9 cm³/mol. The second kappa shape index (κ2) is 6.14. The van der Waals surface area contributed by atoms with Crippen LogP contribution < -0.4 is 4.90 Å². The van der Waals surface area contributed by atoms with Gasteiger partial charge >= 0.3 is 0 Å². The first kappa shape index (κ1) is 14.7. The number of ether oxygens (including phenoxy) is 1. The molecule has 1 aromatic heterocycles. The van der Waals surface area contributed by atoms with Crippen molar-refractivity contribution in [2.75, 3.05) is 25.2 Å². The van der Waals surface area contributed by atoms with Gasteiger partial charge in [-0.25, -0.2) is 0 Å². The van der Waals surface area contributed by atoms with E-state index in [9.17, 15) is 0 Å². The van der Waals surface area contributed by atoms with Gasteiger partial charge in [0.1, 0.15) is 5.82 Å². The third-order valence-corrected chi connectivity index (χ3v) is 4.32. The minimum absolute atomic E-state index is 0.510. The molecule has 0 aliphatic heterocycles. The summed E-state index contributed by atoms with van der Waals surface area (Å²) in [5.41, 5.74) is 2.17. The zero-order valence-corrected chi connectivity index (χ0v) is 13.1. The Labute approximate surface area is 120 Å². The molecule has 0 spiro atoms. The van der Waals surface area contributed by atoms with E-state index in [0.717, 1.165) is 36.1 Å². The van der Waals surface area contributed by atoms with E-state index in [2.05, 4.69) is 16.9 Å². The summed E-state index contributed by atoms with van der Waals surface area (Å²) in [6.45, 7) is 5.94. The van der Waals surface area contributed by atoms with E-state index in [1.165, 1.54) is 12.8 Å². The maximum Gasteiger partial charge on any atom is 0.131 e. The highest BCUT2D eigenvalue weighted by Crippen LogP contribution is 2.38. The monoisotopic (exact) mass is 285 g/mol. The van der Waals surface area contributed by atoms with Crippen LogP contribution >= 0.6 is 11.6 Å². The molecule has 108 valence electrons. The Hall–Kier alpha value is -0.740. The molecule has 0 saturated heterocycles. The number of nitrogens with zero attached hydrogens (tertiary/aromatic N) is 3. The third-order valence-electron chi connectivity index (χ3n) is 4.05. The standard InChI is InChI=1S/C14H24ClN3O/c1-10-13(9-15)14(17(3)16-10)18(7-8-19-4)11(2)12-5-6-12/h11-12H,5-9H2,1-4H3. The molecule has 1 atom stereocenters. The molecule has 0 aromatic carbocycles. The fourth-order valence-electron chi connectivity index (χ4n) is 2.73. The zero-order chi connectivity index (χ0) is 14.0. The van der Waals surface area contributed by atoms with E-state index in [1.807, 2.05) is 18.7 Å². The van der Waals surface area contributed by atoms with E-state index >= 15 is 0 Å². The van der Waals surface area contributed by atoms with Gasteiger partial charge in [-0.2, -0.15) is 5.10 Å². The number of hydrogen-bond donors (Lipinski definition) is 0. The summed E-state index contributed by atoms with van der Waals surface area (Å²) in [5, 5.41) is 4.52. The summed E-state index contributed by atoms with van der Waals surface area (Å²) in [5.74, 6) is 2.47. The van der Waals surface area contributed by atoms with Gasteiger partial charge in [-0.1, -0.05) is 0 Å². The van der Waals surface area contributed by atoms with Crippen molar-refractivity contribution >= 4 is 17.4 Å². The van der Waals surface area contributed by atoms with Crippen molar-refractivity contribution in [1.82, 2.24) is 9.78 Å². The van der Waals surface area contributed by atoms with Crippen molar-refractivity contribution in [2.45, 2.75) is 38.6 Å². The van der Waals surface area contributed by atoms with Crippen LogP contribution in [-0.2, 0) is 17.7 Å². The molecule has 0 amide bonds. The lowest BCUT2D eigenvalue weighted by Crippen LogP contribution is -2.39. The Morgan fingerprint density at radius 1 is 1.53 bits per heavy atom. The largest absolute Gasteiger partial charge is 0.383 e. The minimum atomic E-state index is 0.510. The molecule has 0 N–H and O–H groups in total. The summed E-state index contributed by atoms with van der Waals surface area (Å²) in [6.07, 6.45) is 2.66. The maximum absolute atomic E-state index is 6.12. The number of halogens is 1. The van der Waals surface area contributed by atoms with Crippen LogP contribution in [0.1, 0.15) is 31.0 Å². The van der Waals surface area contributed by atoms with E-state index in [-0.39, 0.29) is 0 Å². The van der Waals surface area contributed by atoms with Gasteiger partial charge in [0.25, 0.3) is 0 Å². The molecular weight excluding hydrogens is 262 g/mol. The van der Waals surface area contributed by atoms with Gasteiger partial charge in [-0.15, -0.1) is 11.6 Å². The number of aryl methyl sites for hydroxylation is 2. The quantitative estimate of drug-likeness (QED) is 0.722. The van der Waals surface area contributed by atoms with Crippen LogP contribution in [0.2, 0.25) is 0 Å². The summed E-state index contributed by atoms with van der Waals surface area (Å²) in [4.78, 5) is 2.42. The Bertz CT molecular complexity index is 429. The number of anilines is 1. The third kappa shape index (κ3) is 3.06. The maximum atomic E-state index is 6.12. The molecule has 1 fully saturated rings. The van der Waals surface area contributed by atoms with Gasteiger partial charge in [0.15, 0.2) is 0 Å². The highest BCUT2D eigenvalue weighted by atomic mass is 35.5.